The number of anilines is 1. The Hall–Kier alpha value is -2.60. The van der Waals surface area contributed by atoms with E-state index in [-0.39, 0.29) is 5.56 Å². The Morgan fingerprint density at radius 1 is 1.15 bits per heavy atom. The van der Waals surface area contributed by atoms with E-state index in [9.17, 15) is 9.90 Å². The van der Waals surface area contributed by atoms with Crippen LogP contribution in [0.4, 0.5) is 5.82 Å². The molecule has 0 aliphatic carbocycles. The summed E-state index contributed by atoms with van der Waals surface area (Å²) in [7, 11) is 0. The minimum Gasteiger partial charge on any atom is -0.478 e. The van der Waals surface area contributed by atoms with Gasteiger partial charge in [0.2, 0.25) is 0 Å². The number of hydrogen-bond acceptors (Lipinski definition) is 3. The molecule has 2 heterocycles. The molecule has 132 valence electrons. The molecule has 1 aliphatic rings. The molecule has 0 amide bonds. The molecule has 2 N–H and O–H groups in total. The van der Waals surface area contributed by atoms with Gasteiger partial charge in [0.15, 0.2) is 0 Å². The van der Waals surface area contributed by atoms with E-state index in [1.165, 1.54) is 5.56 Å². The van der Waals surface area contributed by atoms with Gasteiger partial charge < -0.3 is 10.4 Å². The number of aromatic nitrogens is 2. The van der Waals surface area contributed by atoms with Gasteiger partial charge in [-0.2, -0.15) is 5.10 Å². The van der Waals surface area contributed by atoms with Gasteiger partial charge in [-0.05, 0) is 49.6 Å². The zero-order valence-electron chi connectivity index (χ0n) is 14.1. The summed E-state index contributed by atoms with van der Waals surface area (Å²) in [5.74, 6) is 0.0188. The number of rotatable bonds is 3. The molecule has 2 aromatic carbocycles. The third-order valence-electron chi connectivity index (χ3n) is 4.57. The molecule has 0 fully saturated rings. The van der Waals surface area contributed by atoms with Crippen molar-refractivity contribution in [2.45, 2.75) is 19.3 Å². The zero-order chi connectivity index (χ0) is 18.1. The van der Waals surface area contributed by atoms with Crippen LogP contribution in [-0.2, 0) is 6.42 Å². The van der Waals surface area contributed by atoms with Crippen LogP contribution in [0.2, 0.25) is 0 Å². The number of benzene rings is 2. The molecular weight excluding hydrogens is 394 g/mol. The molecule has 5 nitrogen and oxygen atoms in total. The molecule has 0 saturated carbocycles. The van der Waals surface area contributed by atoms with Gasteiger partial charge in [0.05, 0.1) is 16.9 Å². The quantitative estimate of drug-likeness (QED) is 0.652. The van der Waals surface area contributed by atoms with Crippen LogP contribution in [0.1, 0.15) is 28.8 Å². The first kappa shape index (κ1) is 16.8. The van der Waals surface area contributed by atoms with Crippen molar-refractivity contribution in [3.8, 4) is 16.9 Å². The van der Waals surface area contributed by atoms with Crippen molar-refractivity contribution in [3.63, 3.8) is 0 Å². The molecular formula is C20H18BrN3O2. The Balaban J connectivity index is 1.90. The monoisotopic (exact) mass is 411 g/mol. The summed E-state index contributed by atoms with van der Waals surface area (Å²) < 4.78 is 2.84. The highest BCUT2D eigenvalue weighted by atomic mass is 79.9. The van der Waals surface area contributed by atoms with Crippen LogP contribution >= 0.6 is 15.9 Å². The van der Waals surface area contributed by atoms with Crippen LogP contribution < -0.4 is 5.32 Å². The molecule has 6 heteroatoms. The summed E-state index contributed by atoms with van der Waals surface area (Å²) >= 11 is 3.53. The summed E-state index contributed by atoms with van der Waals surface area (Å²) in [4.78, 5) is 11.3. The Labute approximate surface area is 159 Å². The minimum absolute atomic E-state index is 0.254. The van der Waals surface area contributed by atoms with Crippen LogP contribution in [0.25, 0.3) is 16.9 Å². The maximum absolute atomic E-state index is 11.3. The number of hydrogen-bond donors (Lipinski definition) is 2. The molecule has 1 aromatic heterocycles. The smallest absolute Gasteiger partial charge is 0.335 e. The second-order valence-electron chi connectivity index (χ2n) is 6.34. The van der Waals surface area contributed by atoms with E-state index >= 15 is 0 Å². The maximum atomic E-state index is 11.3. The van der Waals surface area contributed by atoms with Crippen LogP contribution in [0, 0.1) is 0 Å². The molecule has 1 aliphatic heterocycles. The Kier molecular flexibility index (Phi) is 4.51. The molecule has 26 heavy (non-hydrogen) atoms. The summed E-state index contributed by atoms with van der Waals surface area (Å²) in [6, 6.07) is 15.0. The van der Waals surface area contributed by atoms with Gasteiger partial charge in [0.1, 0.15) is 5.82 Å². The lowest BCUT2D eigenvalue weighted by atomic mass is 10.0. The van der Waals surface area contributed by atoms with Crippen LogP contribution in [0.15, 0.2) is 53.0 Å². The number of carboxylic acids is 1. The Morgan fingerprint density at radius 2 is 2.00 bits per heavy atom. The van der Waals surface area contributed by atoms with Gasteiger partial charge >= 0.3 is 5.97 Å². The number of halogens is 1. The molecule has 0 atom stereocenters. The maximum Gasteiger partial charge on any atom is 0.335 e. The van der Waals surface area contributed by atoms with E-state index in [1.807, 2.05) is 22.9 Å². The van der Waals surface area contributed by atoms with Gasteiger partial charge in [0.25, 0.3) is 0 Å². The molecule has 4 rings (SSSR count). The lowest BCUT2D eigenvalue weighted by molar-refractivity contribution is 0.0697. The number of nitrogens with zero attached hydrogens (tertiary/aromatic N) is 2. The third kappa shape index (κ3) is 3.12. The van der Waals surface area contributed by atoms with E-state index in [4.69, 9.17) is 5.10 Å². The van der Waals surface area contributed by atoms with Crippen molar-refractivity contribution >= 4 is 27.7 Å². The number of carbonyl (C=O) groups is 1. The standard InChI is InChI=1S/C20H18BrN3O2/c21-15-7-3-5-13(11-15)18-17-9-1-2-10-22-19(17)24(23-18)16-8-4-6-14(12-16)20(25)26/h3-8,11-12,22H,1-2,9-10H2,(H,25,26). The van der Waals surface area contributed by atoms with E-state index < -0.39 is 5.97 Å². The summed E-state index contributed by atoms with van der Waals surface area (Å²) in [6.45, 7) is 0.884. The zero-order valence-corrected chi connectivity index (χ0v) is 15.7. The predicted molar refractivity (Wildman–Crippen MR) is 105 cm³/mol. The van der Waals surface area contributed by atoms with E-state index in [1.54, 1.807) is 18.2 Å². The second-order valence-corrected chi connectivity index (χ2v) is 7.25. The van der Waals surface area contributed by atoms with Crippen molar-refractivity contribution in [1.29, 1.82) is 0 Å². The normalized spacial score (nSPS) is 13.6. The summed E-state index contributed by atoms with van der Waals surface area (Å²) in [5.41, 5.74) is 4.17. The van der Waals surface area contributed by atoms with Crippen molar-refractivity contribution in [2.75, 3.05) is 11.9 Å². The molecule has 0 spiro atoms. The highest BCUT2D eigenvalue weighted by molar-refractivity contribution is 9.10. The van der Waals surface area contributed by atoms with Crippen LogP contribution in [0.5, 0.6) is 0 Å². The van der Waals surface area contributed by atoms with E-state index in [0.717, 1.165) is 53.0 Å². The summed E-state index contributed by atoms with van der Waals surface area (Å²) in [6.07, 6.45) is 3.15. The fraction of sp³-hybridized carbons (Fsp3) is 0.200. The van der Waals surface area contributed by atoms with E-state index in [2.05, 4.69) is 33.4 Å². The molecule has 0 unspecified atom stereocenters. The van der Waals surface area contributed by atoms with Crippen molar-refractivity contribution in [3.05, 3.63) is 64.1 Å². The van der Waals surface area contributed by atoms with E-state index in [0.29, 0.717) is 0 Å². The number of nitrogens with one attached hydrogen (secondary N) is 1. The predicted octanol–water partition coefficient (Wildman–Crippen LogP) is 4.75. The average Bonchev–Trinajstić information content (AvgIpc) is 2.83. The minimum atomic E-state index is -0.940. The number of carboxylic acid groups (broad SMARTS) is 1. The second kappa shape index (κ2) is 6.96. The van der Waals surface area contributed by atoms with Gasteiger partial charge in [-0.3, -0.25) is 0 Å². The summed E-state index contributed by atoms with van der Waals surface area (Å²) in [5, 5.41) is 17.6. The Bertz CT molecular complexity index is 981. The van der Waals surface area contributed by atoms with Crippen molar-refractivity contribution in [1.82, 2.24) is 9.78 Å². The number of fused-ring (bicyclic) bond motifs is 1. The fourth-order valence-corrected chi connectivity index (χ4v) is 3.73. The van der Waals surface area contributed by atoms with Gasteiger partial charge in [0, 0.05) is 22.1 Å². The first-order chi connectivity index (χ1) is 12.6. The lowest BCUT2D eigenvalue weighted by Crippen LogP contribution is -2.08. The topological polar surface area (TPSA) is 67.1 Å². The molecule has 3 aromatic rings. The van der Waals surface area contributed by atoms with Crippen LogP contribution in [0.3, 0.4) is 0 Å². The Morgan fingerprint density at radius 3 is 2.81 bits per heavy atom. The highest BCUT2D eigenvalue weighted by Gasteiger charge is 2.22. The lowest BCUT2D eigenvalue weighted by Gasteiger charge is -2.09. The first-order valence-corrected chi connectivity index (χ1v) is 9.38. The van der Waals surface area contributed by atoms with Gasteiger partial charge in [-0.25, -0.2) is 9.48 Å². The number of aromatic carboxylic acids is 1. The first-order valence-electron chi connectivity index (χ1n) is 8.59. The van der Waals surface area contributed by atoms with Gasteiger partial charge in [-0.1, -0.05) is 34.1 Å². The largest absolute Gasteiger partial charge is 0.478 e. The molecule has 0 saturated heterocycles. The highest BCUT2D eigenvalue weighted by Crippen LogP contribution is 2.34. The third-order valence-corrected chi connectivity index (χ3v) is 5.06. The molecule has 0 bridgehead atoms. The van der Waals surface area contributed by atoms with Gasteiger partial charge in [-0.15, -0.1) is 0 Å². The molecule has 0 radical (unpaired) electrons. The van der Waals surface area contributed by atoms with Crippen LogP contribution in [-0.4, -0.2) is 27.4 Å². The fourth-order valence-electron chi connectivity index (χ4n) is 3.33. The van der Waals surface area contributed by atoms with Crippen molar-refractivity contribution < 1.29 is 9.90 Å². The van der Waals surface area contributed by atoms with Crippen molar-refractivity contribution in [2.24, 2.45) is 0 Å². The average molecular weight is 412 g/mol. The SMILES string of the molecule is O=C(O)c1cccc(-n2nc(-c3cccc(Br)c3)c3c2NCCCC3)c1.